The second-order valence-electron chi connectivity index (χ2n) is 14.7. The summed E-state index contributed by atoms with van der Waals surface area (Å²) in [4.78, 5) is 10.7. The van der Waals surface area contributed by atoms with Crippen LogP contribution in [0.15, 0.2) is 24.3 Å². The molecule has 0 amide bonds. The Bertz CT molecular complexity index is 1900. The molecule has 5 rings (SSSR count). The van der Waals surface area contributed by atoms with Gasteiger partial charge < -0.3 is 8.47 Å². The van der Waals surface area contributed by atoms with Gasteiger partial charge in [-0.05, 0) is 122 Å². The van der Waals surface area contributed by atoms with Crippen molar-refractivity contribution in [1.29, 1.82) is 0 Å². The van der Waals surface area contributed by atoms with Crippen molar-refractivity contribution in [3.8, 4) is 0 Å². The number of hydrogen-bond donors (Lipinski definition) is 0. The summed E-state index contributed by atoms with van der Waals surface area (Å²) >= 11 is 0. The molecule has 0 fully saturated rings. The van der Waals surface area contributed by atoms with Gasteiger partial charge in [0.05, 0.1) is 22.8 Å². The van der Waals surface area contributed by atoms with Crippen molar-refractivity contribution in [3.05, 3.63) is 69.3 Å². The first-order chi connectivity index (χ1) is 20.6. The quantitative estimate of drug-likeness (QED) is 0.256. The van der Waals surface area contributed by atoms with Gasteiger partial charge in [0.15, 0.2) is 16.5 Å². The van der Waals surface area contributed by atoms with Gasteiger partial charge in [-0.3, -0.25) is 0 Å². The Kier molecular flexibility index (Phi) is 8.43. The molecule has 5 heterocycles. The molecule has 0 aliphatic carbocycles. The summed E-state index contributed by atoms with van der Waals surface area (Å²) in [5, 5.41) is 0. The van der Waals surface area contributed by atoms with E-state index in [1.165, 1.54) is 66.6 Å². The Balaban J connectivity index is 2.19. The van der Waals surface area contributed by atoms with Crippen molar-refractivity contribution in [1.82, 2.24) is 18.4 Å². The summed E-state index contributed by atoms with van der Waals surface area (Å²) in [7, 11) is -3.70. The molecular weight excluding hydrogens is 569 g/mol. The van der Waals surface area contributed by atoms with Crippen molar-refractivity contribution in [2.75, 3.05) is 0 Å². The number of nitrogens with zero attached hydrogens (tertiary/aromatic N) is 4. The monoisotopic (exact) mass is 622 g/mol. The van der Waals surface area contributed by atoms with Gasteiger partial charge in [-0.25, -0.2) is 9.97 Å². The molecule has 4 nitrogen and oxygen atoms in total. The summed E-state index contributed by atoms with van der Waals surface area (Å²) in [5.74, 6) is 0. The lowest BCUT2D eigenvalue weighted by atomic mass is 10.0. The second kappa shape index (κ2) is 11.4. The van der Waals surface area contributed by atoms with Gasteiger partial charge in [-0.15, -0.1) is 0 Å². The first-order valence-corrected chi connectivity index (χ1v) is 23.7. The van der Waals surface area contributed by atoms with E-state index < -0.39 is 16.5 Å². The molecular formula is C38H54N4Si2. The zero-order chi connectivity index (χ0) is 32.5. The van der Waals surface area contributed by atoms with Crippen LogP contribution in [0.3, 0.4) is 0 Å². The highest BCUT2D eigenvalue weighted by atomic mass is 28.3. The average Bonchev–Trinajstić information content (AvgIpc) is 3.57. The topological polar surface area (TPSA) is 35.6 Å². The molecule has 234 valence electrons. The summed E-state index contributed by atoms with van der Waals surface area (Å²) in [6.07, 6.45) is 3.93. The van der Waals surface area contributed by atoms with Crippen LogP contribution in [0.2, 0.25) is 39.3 Å². The summed E-state index contributed by atoms with van der Waals surface area (Å²) in [5.41, 5.74) is 20.8. The van der Waals surface area contributed by atoms with Crippen LogP contribution in [-0.4, -0.2) is 34.9 Å². The van der Waals surface area contributed by atoms with Gasteiger partial charge in [0.2, 0.25) is 0 Å². The highest BCUT2D eigenvalue weighted by molar-refractivity contribution is 6.76. The van der Waals surface area contributed by atoms with Crippen molar-refractivity contribution in [2.24, 2.45) is 0 Å². The van der Waals surface area contributed by atoms with E-state index in [4.69, 9.17) is 9.97 Å². The molecule has 0 aromatic carbocycles. The minimum Gasteiger partial charge on any atom is -0.369 e. The zero-order valence-electron chi connectivity index (χ0n) is 29.9. The summed E-state index contributed by atoms with van der Waals surface area (Å²) in [6.45, 7) is 33.3. The average molecular weight is 623 g/mol. The van der Waals surface area contributed by atoms with E-state index in [1.54, 1.807) is 0 Å². The van der Waals surface area contributed by atoms with Crippen molar-refractivity contribution in [3.63, 3.8) is 0 Å². The van der Waals surface area contributed by atoms with E-state index in [-0.39, 0.29) is 0 Å². The molecule has 0 radical (unpaired) electrons. The molecule has 0 unspecified atom stereocenters. The SMILES string of the molecule is CCC1=C(C)c2cc3c(CC)c(C)c(cc4c(CC)c(C)c(cc5nc(cc1n2)C(C)=C5CC)n4[Si](C)(C)C)n3[Si](C)(C)C. The van der Waals surface area contributed by atoms with Gasteiger partial charge in [-0.2, -0.15) is 0 Å². The molecule has 2 aliphatic rings. The zero-order valence-corrected chi connectivity index (χ0v) is 31.9. The summed E-state index contributed by atoms with van der Waals surface area (Å²) in [6, 6.07) is 9.65. The Labute approximate surface area is 268 Å². The molecule has 44 heavy (non-hydrogen) atoms. The number of rotatable bonds is 6. The number of aromatic nitrogens is 4. The van der Waals surface area contributed by atoms with Gasteiger partial charge in [0, 0.05) is 22.1 Å². The van der Waals surface area contributed by atoms with E-state index in [9.17, 15) is 0 Å². The maximum Gasteiger partial charge on any atom is 0.153 e. The highest BCUT2D eigenvalue weighted by Gasteiger charge is 2.28. The molecule has 6 heteroatoms. The van der Waals surface area contributed by atoms with E-state index in [1.807, 2.05) is 0 Å². The Morgan fingerprint density at radius 1 is 0.477 bits per heavy atom. The van der Waals surface area contributed by atoms with Crippen molar-refractivity contribution >= 4 is 60.8 Å². The minimum absolute atomic E-state index is 0.955. The lowest BCUT2D eigenvalue weighted by Gasteiger charge is -2.24. The maximum absolute atomic E-state index is 5.33. The van der Waals surface area contributed by atoms with E-state index in [0.29, 0.717) is 0 Å². The third kappa shape index (κ3) is 5.12. The van der Waals surface area contributed by atoms with Gasteiger partial charge in [0.25, 0.3) is 0 Å². The fourth-order valence-electron chi connectivity index (χ4n) is 7.73. The fraction of sp³-hybridized carbons (Fsp3) is 0.474. The number of hydrogen-bond acceptors (Lipinski definition) is 2. The first-order valence-electron chi connectivity index (χ1n) is 16.8. The van der Waals surface area contributed by atoms with Crippen LogP contribution in [-0.2, 0) is 12.8 Å². The van der Waals surface area contributed by atoms with Crippen molar-refractivity contribution in [2.45, 2.75) is 120 Å². The predicted octanol–water partition coefficient (Wildman–Crippen LogP) is 11.1. The van der Waals surface area contributed by atoms with Crippen molar-refractivity contribution < 1.29 is 0 Å². The standard InChI is InChI=1S/C38H54N4Si2/c1-15-27-24(6)32-20-37-29(17-3)26(8)36(42(37)44(12,13)14)22-38-30(18-4)25(7)35(41(38)43(9,10)11)21-34-28(16-2)23(5)31(39-34)19-33(27)40-32/h19-22H,15-18H2,1-14H3. The van der Waals surface area contributed by atoms with E-state index in [0.717, 1.165) is 48.5 Å². The smallest absolute Gasteiger partial charge is 0.153 e. The Morgan fingerprint density at radius 3 is 1.25 bits per heavy atom. The van der Waals surface area contributed by atoms with Crippen LogP contribution in [0.1, 0.15) is 99.4 Å². The highest BCUT2D eigenvalue weighted by Crippen LogP contribution is 2.39. The predicted molar refractivity (Wildman–Crippen MR) is 200 cm³/mol. The maximum atomic E-state index is 5.33. The van der Waals surface area contributed by atoms with Crippen LogP contribution in [0.25, 0.3) is 44.4 Å². The number of allylic oxidation sites excluding steroid dienone is 4. The third-order valence-corrected chi connectivity index (χ3v) is 13.5. The molecule has 3 aromatic heterocycles. The molecule has 8 bridgehead atoms. The van der Waals surface area contributed by atoms with Crippen LogP contribution in [0.5, 0.6) is 0 Å². The van der Waals surface area contributed by atoms with Gasteiger partial charge >= 0.3 is 0 Å². The van der Waals surface area contributed by atoms with Crippen LogP contribution in [0.4, 0.5) is 0 Å². The molecule has 0 saturated carbocycles. The number of fused-ring (bicyclic) bond motifs is 8. The van der Waals surface area contributed by atoms with Gasteiger partial charge in [-0.1, -0.05) is 67.0 Å². The lowest BCUT2D eigenvalue weighted by molar-refractivity contribution is 1.13. The fourth-order valence-corrected chi connectivity index (χ4v) is 11.5. The Morgan fingerprint density at radius 2 is 0.841 bits per heavy atom. The molecule has 2 aliphatic heterocycles. The molecule has 0 saturated heterocycles. The molecule has 3 aromatic rings. The van der Waals surface area contributed by atoms with E-state index >= 15 is 0 Å². The van der Waals surface area contributed by atoms with E-state index in [2.05, 4.69) is 127 Å². The minimum atomic E-state index is -1.85. The third-order valence-electron chi connectivity index (χ3n) is 9.88. The molecule has 0 spiro atoms. The first kappa shape index (κ1) is 32.4. The van der Waals surface area contributed by atoms with Crippen LogP contribution < -0.4 is 0 Å². The Hall–Kier alpha value is -2.97. The summed E-state index contributed by atoms with van der Waals surface area (Å²) < 4.78 is 5.47. The van der Waals surface area contributed by atoms with Gasteiger partial charge in [0.1, 0.15) is 0 Å². The lowest BCUT2D eigenvalue weighted by Crippen LogP contribution is -2.32. The molecule has 0 N–H and O–H groups in total. The largest absolute Gasteiger partial charge is 0.369 e. The van der Waals surface area contributed by atoms with Crippen LogP contribution >= 0.6 is 0 Å². The molecule has 0 atom stereocenters. The van der Waals surface area contributed by atoms with Crippen LogP contribution in [0, 0.1) is 13.8 Å². The normalized spacial score (nSPS) is 14.3. The second-order valence-corrected chi connectivity index (χ2v) is 24.3. The number of aryl methyl sites for hydroxylation is 4.